The summed E-state index contributed by atoms with van der Waals surface area (Å²) in [7, 11) is 0. The van der Waals surface area contributed by atoms with Gasteiger partial charge in [0.05, 0.1) is 30.5 Å². The molecule has 1 heterocycles. The van der Waals surface area contributed by atoms with E-state index in [0.717, 1.165) is 46.9 Å². The van der Waals surface area contributed by atoms with Gasteiger partial charge in [0.25, 0.3) is 0 Å². The molecule has 0 amide bonds. The van der Waals surface area contributed by atoms with Crippen molar-refractivity contribution in [3.63, 3.8) is 0 Å². The number of aliphatic hydroxyl groups excluding tert-OH is 1. The lowest BCUT2D eigenvalue weighted by atomic mass is 10.0. The van der Waals surface area contributed by atoms with Crippen molar-refractivity contribution in [3.05, 3.63) is 40.2 Å². The van der Waals surface area contributed by atoms with Crippen molar-refractivity contribution in [2.24, 2.45) is 0 Å². The van der Waals surface area contributed by atoms with E-state index in [1.807, 2.05) is 37.6 Å². The first-order valence-electron chi connectivity index (χ1n) is 7.92. The number of hydrogen-bond acceptors (Lipinski definition) is 4. The van der Waals surface area contributed by atoms with Crippen molar-refractivity contribution < 1.29 is 9.84 Å². The summed E-state index contributed by atoms with van der Waals surface area (Å²) in [5.41, 5.74) is 4.44. The Labute approximate surface area is 136 Å². The summed E-state index contributed by atoms with van der Waals surface area (Å²) >= 11 is 0. The highest BCUT2D eigenvalue weighted by molar-refractivity contribution is 5.50. The fraction of sp³-hybridized carbons (Fsp3) is 0.444. The van der Waals surface area contributed by atoms with Crippen LogP contribution in [0, 0.1) is 32.1 Å². The van der Waals surface area contributed by atoms with E-state index in [0.29, 0.717) is 18.0 Å². The number of hydrogen-bond donors (Lipinski definition) is 1. The molecule has 5 heteroatoms. The summed E-state index contributed by atoms with van der Waals surface area (Å²) in [6, 6.07) is 6.01. The van der Waals surface area contributed by atoms with E-state index in [9.17, 15) is 10.4 Å². The van der Waals surface area contributed by atoms with Crippen LogP contribution in [0.4, 0.5) is 0 Å². The second-order valence-corrected chi connectivity index (χ2v) is 6.17. The summed E-state index contributed by atoms with van der Waals surface area (Å²) in [6.45, 7) is 6.32. The fourth-order valence-corrected chi connectivity index (χ4v) is 3.00. The van der Waals surface area contributed by atoms with Crippen LogP contribution < -0.4 is 4.74 Å². The van der Waals surface area contributed by atoms with Gasteiger partial charge in [-0.05, 0) is 56.9 Å². The maximum atomic E-state index is 9.23. The second kappa shape index (κ2) is 6.05. The first-order valence-corrected chi connectivity index (χ1v) is 7.92. The molecule has 1 fully saturated rings. The Morgan fingerprint density at radius 3 is 2.48 bits per heavy atom. The van der Waals surface area contributed by atoms with Gasteiger partial charge < -0.3 is 9.84 Å². The molecule has 1 aromatic heterocycles. The Bertz CT molecular complexity index is 759. The number of benzene rings is 1. The van der Waals surface area contributed by atoms with Crippen LogP contribution in [0.5, 0.6) is 11.5 Å². The molecule has 0 bridgehead atoms. The van der Waals surface area contributed by atoms with Crippen molar-refractivity contribution >= 4 is 0 Å². The maximum Gasteiger partial charge on any atom is 0.171 e. The number of nitrogens with zero attached hydrogens (tertiary/aromatic N) is 3. The normalized spacial score (nSPS) is 13.9. The van der Waals surface area contributed by atoms with Crippen LogP contribution in [-0.4, -0.2) is 21.5 Å². The third-order valence-corrected chi connectivity index (χ3v) is 4.22. The molecule has 5 nitrogen and oxygen atoms in total. The van der Waals surface area contributed by atoms with Gasteiger partial charge in [0, 0.05) is 5.92 Å². The van der Waals surface area contributed by atoms with E-state index in [2.05, 4.69) is 11.2 Å². The number of aryl methyl sites for hydroxylation is 3. The minimum atomic E-state index is 0.0648. The van der Waals surface area contributed by atoms with Crippen LogP contribution >= 0.6 is 0 Å². The fourth-order valence-electron chi connectivity index (χ4n) is 3.00. The molecule has 1 aliphatic carbocycles. The predicted molar refractivity (Wildman–Crippen MR) is 86.7 cm³/mol. The zero-order valence-electron chi connectivity index (χ0n) is 13.8. The molecule has 0 spiro atoms. The number of rotatable bonds is 5. The van der Waals surface area contributed by atoms with Crippen molar-refractivity contribution in [3.8, 4) is 17.6 Å². The molecule has 0 radical (unpaired) electrons. The quantitative estimate of drug-likeness (QED) is 0.919. The minimum Gasteiger partial charge on any atom is -0.453 e. The van der Waals surface area contributed by atoms with E-state index < -0.39 is 0 Å². The van der Waals surface area contributed by atoms with Gasteiger partial charge in [-0.1, -0.05) is 0 Å². The Hall–Kier alpha value is -2.32. The molecule has 0 saturated heterocycles. The topological polar surface area (TPSA) is 71.1 Å². The molecule has 0 atom stereocenters. The van der Waals surface area contributed by atoms with E-state index in [1.165, 1.54) is 0 Å². The van der Waals surface area contributed by atoms with E-state index in [-0.39, 0.29) is 6.61 Å². The van der Waals surface area contributed by atoms with Crippen LogP contribution in [-0.2, 0) is 6.54 Å². The Morgan fingerprint density at radius 1 is 1.30 bits per heavy atom. The summed E-state index contributed by atoms with van der Waals surface area (Å²) in [4.78, 5) is 0. The van der Waals surface area contributed by atoms with Gasteiger partial charge in [-0.15, -0.1) is 0 Å². The molecule has 120 valence electrons. The standard InChI is InChI=1S/C18H21N3O2/c1-11-8-15(9-12(2)16(11)10-19)23-18-13(3)20-21(6-7-22)17(18)14-4-5-14/h8-9,14,22H,4-7H2,1-3H3. The third-order valence-electron chi connectivity index (χ3n) is 4.22. The van der Waals surface area contributed by atoms with Crippen molar-refractivity contribution in [1.82, 2.24) is 9.78 Å². The molecule has 1 saturated carbocycles. The van der Waals surface area contributed by atoms with Crippen LogP contribution in [0.3, 0.4) is 0 Å². The van der Waals surface area contributed by atoms with E-state index in [1.54, 1.807) is 0 Å². The largest absolute Gasteiger partial charge is 0.453 e. The molecule has 0 aliphatic heterocycles. The third kappa shape index (κ3) is 2.95. The van der Waals surface area contributed by atoms with Gasteiger partial charge in [-0.2, -0.15) is 10.4 Å². The summed E-state index contributed by atoms with van der Waals surface area (Å²) in [6.07, 6.45) is 2.27. The van der Waals surface area contributed by atoms with E-state index in [4.69, 9.17) is 4.74 Å². The molecule has 23 heavy (non-hydrogen) atoms. The SMILES string of the molecule is Cc1cc(Oc2c(C)nn(CCO)c2C2CC2)cc(C)c1C#N. The Balaban J connectivity index is 1.99. The zero-order chi connectivity index (χ0) is 16.6. The summed E-state index contributed by atoms with van der Waals surface area (Å²) < 4.78 is 8.02. The van der Waals surface area contributed by atoms with Crippen LogP contribution in [0.1, 0.15) is 46.8 Å². The highest BCUT2D eigenvalue weighted by atomic mass is 16.5. The predicted octanol–water partition coefficient (Wildman–Crippen LogP) is 3.34. The van der Waals surface area contributed by atoms with Gasteiger partial charge in [-0.25, -0.2) is 0 Å². The van der Waals surface area contributed by atoms with Gasteiger partial charge in [0.1, 0.15) is 11.4 Å². The van der Waals surface area contributed by atoms with Crippen LogP contribution in [0.2, 0.25) is 0 Å². The average molecular weight is 311 g/mol. The molecular formula is C18H21N3O2. The Kier molecular flexibility index (Phi) is 4.10. The zero-order valence-corrected chi connectivity index (χ0v) is 13.8. The van der Waals surface area contributed by atoms with Gasteiger partial charge in [-0.3, -0.25) is 4.68 Å². The molecule has 3 rings (SSSR count). The number of ether oxygens (including phenoxy) is 1. The smallest absolute Gasteiger partial charge is 0.171 e. The van der Waals surface area contributed by atoms with Crippen molar-refractivity contribution in [2.45, 2.75) is 46.1 Å². The molecule has 2 aromatic rings. The number of nitriles is 1. The summed E-state index contributed by atoms with van der Waals surface area (Å²) in [5, 5.41) is 22.9. The lowest BCUT2D eigenvalue weighted by Gasteiger charge is -2.11. The highest BCUT2D eigenvalue weighted by Gasteiger charge is 2.32. The van der Waals surface area contributed by atoms with Crippen molar-refractivity contribution in [1.29, 1.82) is 5.26 Å². The van der Waals surface area contributed by atoms with Gasteiger partial charge in [0.15, 0.2) is 5.75 Å². The first kappa shape index (κ1) is 15.6. The lowest BCUT2D eigenvalue weighted by molar-refractivity contribution is 0.267. The molecule has 1 N–H and O–H groups in total. The van der Waals surface area contributed by atoms with Crippen molar-refractivity contribution in [2.75, 3.05) is 6.61 Å². The lowest BCUT2D eigenvalue weighted by Crippen LogP contribution is -2.07. The second-order valence-electron chi connectivity index (χ2n) is 6.17. The average Bonchev–Trinajstić information content (AvgIpc) is 3.26. The van der Waals surface area contributed by atoms with E-state index >= 15 is 0 Å². The molecule has 1 aliphatic rings. The highest BCUT2D eigenvalue weighted by Crippen LogP contribution is 2.46. The maximum absolute atomic E-state index is 9.23. The van der Waals surface area contributed by atoms with Crippen LogP contribution in [0.15, 0.2) is 12.1 Å². The monoisotopic (exact) mass is 311 g/mol. The summed E-state index contributed by atoms with van der Waals surface area (Å²) in [5.74, 6) is 2.00. The molecule has 0 unspecified atom stereocenters. The molecular weight excluding hydrogens is 290 g/mol. The minimum absolute atomic E-state index is 0.0648. The van der Waals surface area contributed by atoms with Crippen LogP contribution in [0.25, 0.3) is 0 Å². The number of aromatic nitrogens is 2. The number of aliphatic hydroxyl groups is 1. The molecule has 1 aromatic carbocycles. The van der Waals surface area contributed by atoms with Gasteiger partial charge >= 0.3 is 0 Å². The van der Waals surface area contributed by atoms with Gasteiger partial charge in [0.2, 0.25) is 0 Å². The first-order chi connectivity index (χ1) is 11.0. The Morgan fingerprint density at radius 2 is 1.96 bits per heavy atom.